The number of para-hydroxylation sites is 1. The van der Waals surface area contributed by atoms with Gasteiger partial charge in [-0.05, 0) is 48.5 Å². The van der Waals surface area contributed by atoms with Gasteiger partial charge < -0.3 is 19.2 Å². The van der Waals surface area contributed by atoms with Gasteiger partial charge in [-0.2, -0.15) is 5.26 Å². The lowest BCUT2D eigenvalue weighted by atomic mass is 10.2. The summed E-state index contributed by atoms with van der Waals surface area (Å²) in [5, 5.41) is 11.9. The maximum absolute atomic E-state index is 12.3. The molecule has 0 fully saturated rings. The number of rotatable bonds is 7. The van der Waals surface area contributed by atoms with Gasteiger partial charge in [0.25, 0.3) is 5.91 Å². The van der Waals surface area contributed by atoms with E-state index >= 15 is 0 Å². The smallest absolute Gasteiger partial charge is 0.325 e. The average molecular weight is 425 g/mol. The van der Waals surface area contributed by atoms with Gasteiger partial charge in [0.15, 0.2) is 0 Å². The summed E-state index contributed by atoms with van der Waals surface area (Å²) in [4.78, 5) is 24.4. The number of pyridine rings is 1. The van der Waals surface area contributed by atoms with Gasteiger partial charge in [-0.15, -0.1) is 0 Å². The number of esters is 1. The lowest BCUT2D eigenvalue weighted by molar-refractivity contribution is -0.143. The Morgan fingerprint density at radius 2 is 1.66 bits per heavy atom. The van der Waals surface area contributed by atoms with Crippen LogP contribution in [0.2, 0.25) is 0 Å². The predicted octanol–water partition coefficient (Wildman–Crippen LogP) is 4.08. The SMILES string of the molecule is N#Cc1c(COC(=O)CNC(=O)c2ccc(Oc3ccccc3)cc2)cn2ccccc12. The molecule has 2 aromatic carbocycles. The first-order valence-electron chi connectivity index (χ1n) is 9.89. The van der Waals surface area contributed by atoms with Gasteiger partial charge in [0.1, 0.15) is 30.7 Å². The Morgan fingerprint density at radius 3 is 2.41 bits per heavy atom. The van der Waals surface area contributed by atoms with Crippen LogP contribution < -0.4 is 10.1 Å². The van der Waals surface area contributed by atoms with Gasteiger partial charge in [-0.25, -0.2) is 0 Å². The summed E-state index contributed by atoms with van der Waals surface area (Å²) in [6.45, 7) is -0.332. The third-order valence-corrected chi connectivity index (χ3v) is 4.75. The van der Waals surface area contributed by atoms with E-state index in [1.807, 2.05) is 54.7 Å². The Hall–Kier alpha value is -4.57. The fourth-order valence-corrected chi connectivity index (χ4v) is 3.18. The molecule has 1 amide bonds. The van der Waals surface area contributed by atoms with E-state index in [1.54, 1.807) is 34.9 Å². The molecule has 0 atom stereocenters. The number of carbonyl (C=O) groups excluding carboxylic acids is 2. The molecular weight excluding hydrogens is 406 g/mol. The molecule has 0 unspecified atom stereocenters. The van der Waals surface area contributed by atoms with Crippen LogP contribution in [-0.2, 0) is 16.1 Å². The van der Waals surface area contributed by atoms with Crippen LogP contribution >= 0.6 is 0 Å². The molecule has 0 spiro atoms. The highest BCUT2D eigenvalue weighted by molar-refractivity contribution is 5.96. The van der Waals surface area contributed by atoms with Gasteiger partial charge in [-0.1, -0.05) is 24.3 Å². The van der Waals surface area contributed by atoms with E-state index in [2.05, 4.69) is 11.4 Å². The Bertz CT molecular complexity index is 1290. The molecule has 158 valence electrons. The van der Waals surface area contributed by atoms with E-state index in [-0.39, 0.29) is 13.2 Å². The van der Waals surface area contributed by atoms with E-state index in [9.17, 15) is 14.9 Å². The van der Waals surface area contributed by atoms with Crippen molar-refractivity contribution in [3.05, 3.63) is 102 Å². The molecule has 32 heavy (non-hydrogen) atoms. The zero-order valence-corrected chi connectivity index (χ0v) is 17.0. The predicted molar refractivity (Wildman–Crippen MR) is 117 cm³/mol. The van der Waals surface area contributed by atoms with Crippen molar-refractivity contribution in [2.24, 2.45) is 0 Å². The molecule has 2 aromatic heterocycles. The van der Waals surface area contributed by atoms with Crippen molar-refractivity contribution in [2.45, 2.75) is 6.61 Å². The molecule has 0 saturated heterocycles. The van der Waals surface area contributed by atoms with Crippen molar-refractivity contribution >= 4 is 17.4 Å². The summed E-state index contributed by atoms with van der Waals surface area (Å²) in [7, 11) is 0. The van der Waals surface area contributed by atoms with Crippen LogP contribution in [0.1, 0.15) is 21.5 Å². The summed E-state index contributed by atoms with van der Waals surface area (Å²) in [6.07, 6.45) is 3.57. The topological polar surface area (TPSA) is 92.8 Å². The lowest BCUT2D eigenvalue weighted by Gasteiger charge is -2.08. The highest BCUT2D eigenvalue weighted by atomic mass is 16.5. The number of aromatic nitrogens is 1. The number of nitrogens with zero attached hydrogens (tertiary/aromatic N) is 2. The van der Waals surface area contributed by atoms with Gasteiger partial charge in [0.2, 0.25) is 0 Å². The van der Waals surface area contributed by atoms with Crippen LogP contribution in [0.4, 0.5) is 0 Å². The molecule has 7 heteroatoms. The molecular formula is C25H19N3O4. The Labute approximate surface area is 184 Å². The van der Waals surface area contributed by atoms with Gasteiger partial charge >= 0.3 is 5.97 Å². The number of nitrogens with one attached hydrogen (secondary N) is 1. The van der Waals surface area contributed by atoms with Crippen molar-refractivity contribution < 1.29 is 19.1 Å². The number of benzene rings is 2. The van der Waals surface area contributed by atoms with Crippen LogP contribution in [0, 0.1) is 11.3 Å². The summed E-state index contributed by atoms with van der Waals surface area (Å²) >= 11 is 0. The van der Waals surface area contributed by atoms with Crippen LogP contribution in [0.25, 0.3) is 5.52 Å². The highest BCUT2D eigenvalue weighted by Gasteiger charge is 2.13. The minimum Gasteiger partial charge on any atom is -0.459 e. The molecule has 0 aliphatic rings. The summed E-state index contributed by atoms with van der Waals surface area (Å²) in [5.74, 6) is 0.297. The second-order valence-corrected chi connectivity index (χ2v) is 6.92. The van der Waals surface area contributed by atoms with Crippen molar-refractivity contribution in [1.29, 1.82) is 5.26 Å². The number of carbonyl (C=O) groups is 2. The molecule has 0 aliphatic heterocycles. The van der Waals surface area contributed by atoms with Crippen molar-refractivity contribution in [1.82, 2.24) is 9.72 Å². The normalized spacial score (nSPS) is 10.3. The van der Waals surface area contributed by atoms with Crippen molar-refractivity contribution in [3.63, 3.8) is 0 Å². The van der Waals surface area contributed by atoms with Crippen molar-refractivity contribution in [2.75, 3.05) is 6.54 Å². The zero-order valence-electron chi connectivity index (χ0n) is 17.0. The lowest BCUT2D eigenvalue weighted by Crippen LogP contribution is -2.30. The molecule has 0 bridgehead atoms. The zero-order chi connectivity index (χ0) is 22.3. The Balaban J connectivity index is 1.29. The quantitative estimate of drug-likeness (QED) is 0.451. The van der Waals surface area contributed by atoms with E-state index < -0.39 is 11.9 Å². The number of nitriles is 1. The van der Waals surface area contributed by atoms with Gasteiger partial charge in [0.05, 0.1) is 11.1 Å². The monoisotopic (exact) mass is 425 g/mol. The molecule has 2 heterocycles. The summed E-state index contributed by atoms with van der Waals surface area (Å²) in [5.41, 5.74) is 2.20. The van der Waals surface area contributed by atoms with Crippen LogP contribution in [0.15, 0.2) is 85.2 Å². The molecule has 4 aromatic rings. The number of ether oxygens (including phenoxy) is 2. The fourth-order valence-electron chi connectivity index (χ4n) is 3.18. The Kier molecular flexibility index (Phi) is 6.14. The third-order valence-electron chi connectivity index (χ3n) is 4.75. The van der Waals surface area contributed by atoms with E-state index in [1.165, 1.54) is 0 Å². The third kappa shape index (κ3) is 4.77. The molecule has 0 saturated carbocycles. The number of hydrogen-bond donors (Lipinski definition) is 1. The highest BCUT2D eigenvalue weighted by Crippen LogP contribution is 2.21. The van der Waals surface area contributed by atoms with Crippen LogP contribution in [-0.4, -0.2) is 22.8 Å². The van der Waals surface area contributed by atoms with E-state index in [0.717, 1.165) is 5.52 Å². The largest absolute Gasteiger partial charge is 0.459 e. The average Bonchev–Trinajstić information content (AvgIpc) is 3.20. The summed E-state index contributed by atoms with van der Waals surface area (Å²) < 4.78 is 12.7. The molecule has 0 aliphatic carbocycles. The minimum atomic E-state index is -0.596. The van der Waals surface area contributed by atoms with Crippen molar-refractivity contribution in [3.8, 4) is 17.6 Å². The number of amides is 1. The first-order valence-corrected chi connectivity index (χ1v) is 9.89. The summed E-state index contributed by atoms with van der Waals surface area (Å²) in [6, 6.07) is 23.6. The van der Waals surface area contributed by atoms with E-state index in [4.69, 9.17) is 9.47 Å². The second-order valence-electron chi connectivity index (χ2n) is 6.92. The molecule has 0 radical (unpaired) electrons. The maximum atomic E-state index is 12.3. The Morgan fingerprint density at radius 1 is 0.938 bits per heavy atom. The first-order chi connectivity index (χ1) is 15.6. The number of hydrogen-bond acceptors (Lipinski definition) is 5. The number of fused-ring (bicyclic) bond motifs is 1. The minimum absolute atomic E-state index is 0.0508. The molecule has 1 N–H and O–H groups in total. The van der Waals surface area contributed by atoms with Crippen LogP contribution in [0.5, 0.6) is 11.5 Å². The van der Waals surface area contributed by atoms with E-state index in [0.29, 0.717) is 28.2 Å². The first kappa shape index (κ1) is 20.7. The van der Waals surface area contributed by atoms with Gasteiger partial charge in [0, 0.05) is 23.5 Å². The fraction of sp³-hybridized carbons (Fsp3) is 0.0800. The second kappa shape index (κ2) is 9.49. The maximum Gasteiger partial charge on any atom is 0.325 e. The van der Waals surface area contributed by atoms with Crippen LogP contribution in [0.3, 0.4) is 0 Å². The standard InChI is InChI=1S/C25H19N3O4/c26-14-22-19(16-28-13-5-4-8-23(22)28)17-31-24(29)15-27-25(30)18-9-11-21(12-10-18)32-20-6-2-1-3-7-20/h1-13,16H,15,17H2,(H,27,30). The molecule has 4 rings (SSSR count). The molecule has 7 nitrogen and oxygen atoms in total. The van der Waals surface area contributed by atoms with Gasteiger partial charge in [-0.3, -0.25) is 9.59 Å².